The summed E-state index contributed by atoms with van der Waals surface area (Å²) in [5.41, 5.74) is 0. The van der Waals surface area contributed by atoms with Crippen LogP contribution in [0.15, 0.2) is 0 Å². The predicted octanol–water partition coefficient (Wildman–Crippen LogP) is 1.73. The Hall–Kier alpha value is -0.840. The molecule has 1 heterocycles. The Balaban J connectivity index is 2.39. The molecule has 0 saturated heterocycles. The first-order chi connectivity index (χ1) is 6.24. The highest BCUT2D eigenvalue weighted by Crippen LogP contribution is 2.37. The van der Waals surface area contributed by atoms with Gasteiger partial charge in [-0.1, -0.05) is 0 Å². The Morgan fingerprint density at radius 3 is 2.92 bits per heavy atom. The summed E-state index contributed by atoms with van der Waals surface area (Å²) < 4.78 is 2.87. The lowest BCUT2D eigenvalue weighted by molar-refractivity contribution is 0.706. The number of aromatic nitrogens is 3. The molecular formula is C8H14N4S. The summed E-state index contributed by atoms with van der Waals surface area (Å²) in [5.74, 6) is 0.968. The van der Waals surface area contributed by atoms with Crippen LogP contribution in [0.1, 0.15) is 25.8 Å². The van der Waals surface area contributed by atoms with Gasteiger partial charge in [-0.25, -0.2) is 5.10 Å². The molecule has 0 bridgehead atoms. The topological polar surface area (TPSA) is 36.9 Å². The van der Waals surface area contributed by atoms with Gasteiger partial charge >= 0.3 is 0 Å². The van der Waals surface area contributed by atoms with Crippen LogP contribution in [0.25, 0.3) is 0 Å². The molecule has 1 N–H and O–H groups in total. The largest absolute Gasteiger partial charge is 0.344 e. The number of H-pyrrole nitrogens is 1. The van der Waals surface area contributed by atoms with Gasteiger partial charge in [-0.2, -0.15) is 0 Å². The average Bonchev–Trinajstić information content (AvgIpc) is 2.89. The van der Waals surface area contributed by atoms with Crippen molar-refractivity contribution in [2.75, 3.05) is 18.5 Å². The number of anilines is 1. The van der Waals surface area contributed by atoms with E-state index in [1.165, 1.54) is 12.8 Å². The predicted molar refractivity (Wildman–Crippen MR) is 54.6 cm³/mol. The molecule has 1 aliphatic carbocycles. The molecular weight excluding hydrogens is 184 g/mol. The number of rotatable bonds is 3. The van der Waals surface area contributed by atoms with Crippen LogP contribution >= 0.6 is 12.2 Å². The lowest BCUT2D eigenvalue weighted by Crippen LogP contribution is -2.20. The first-order valence-corrected chi connectivity index (χ1v) is 5.03. The zero-order chi connectivity index (χ0) is 9.42. The molecule has 0 radical (unpaired) electrons. The Bertz CT molecular complexity index is 349. The molecule has 0 aromatic carbocycles. The monoisotopic (exact) mass is 198 g/mol. The van der Waals surface area contributed by atoms with Crippen molar-refractivity contribution in [2.45, 2.75) is 25.8 Å². The third-order valence-corrected chi connectivity index (χ3v) is 2.70. The number of hydrogen-bond acceptors (Lipinski definition) is 3. The van der Waals surface area contributed by atoms with E-state index in [0.717, 1.165) is 17.3 Å². The van der Waals surface area contributed by atoms with Crippen molar-refractivity contribution in [3.8, 4) is 0 Å². The van der Waals surface area contributed by atoms with Crippen molar-refractivity contribution >= 4 is 18.2 Å². The zero-order valence-electron chi connectivity index (χ0n) is 7.95. The van der Waals surface area contributed by atoms with E-state index in [0.29, 0.717) is 6.04 Å². The Kier molecular flexibility index (Phi) is 2.11. The molecule has 1 fully saturated rings. The van der Waals surface area contributed by atoms with Gasteiger partial charge in [0, 0.05) is 19.6 Å². The van der Waals surface area contributed by atoms with Gasteiger partial charge in [0.1, 0.15) is 0 Å². The van der Waals surface area contributed by atoms with Crippen LogP contribution in [0.2, 0.25) is 0 Å². The summed E-state index contributed by atoms with van der Waals surface area (Å²) in [5, 5.41) is 7.07. The van der Waals surface area contributed by atoms with Gasteiger partial charge in [0.05, 0.1) is 0 Å². The molecule has 1 aromatic rings. The molecule has 1 aromatic heterocycles. The Morgan fingerprint density at radius 1 is 1.69 bits per heavy atom. The lowest BCUT2D eigenvalue weighted by Gasteiger charge is -2.15. The maximum absolute atomic E-state index is 5.17. The second kappa shape index (κ2) is 3.14. The van der Waals surface area contributed by atoms with Crippen molar-refractivity contribution in [2.24, 2.45) is 0 Å². The van der Waals surface area contributed by atoms with Gasteiger partial charge in [-0.3, -0.25) is 4.57 Å². The normalized spacial score (nSPS) is 16.2. The highest BCUT2D eigenvalue weighted by molar-refractivity contribution is 7.71. The van der Waals surface area contributed by atoms with Gasteiger partial charge in [-0.05, 0) is 32.0 Å². The zero-order valence-corrected chi connectivity index (χ0v) is 8.77. The molecule has 2 rings (SSSR count). The van der Waals surface area contributed by atoms with Crippen LogP contribution < -0.4 is 4.90 Å². The van der Waals surface area contributed by atoms with Crippen LogP contribution in [0.4, 0.5) is 5.95 Å². The second-order valence-electron chi connectivity index (χ2n) is 3.44. The van der Waals surface area contributed by atoms with Crippen molar-refractivity contribution in [1.82, 2.24) is 14.8 Å². The van der Waals surface area contributed by atoms with E-state index in [9.17, 15) is 0 Å². The number of hydrogen-bond donors (Lipinski definition) is 1. The standard InChI is InChI=1S/C8H14N4S/c1-3-11(2)7-9-10-8(13)12(7)6-4-5-6/h6H,3-5H2,1-2H3,(H,10,13). The van der Waals surface area contributed by atoms with Crippen LogP contribution in [0, 0.1) is 4.77 Å². The van der Waals surface area contributed by atoms with Crippen LogP contribution in [-0.4, -0.2) is 28.4 Å². The minimum absolute atomic E-state index is 0.593. The van der Waals surface area contributed by atoms with E-state index in [1.807, 2.05) is 7.05 Å². The third kappa shape index (κ3) is 1.48. The molecule has 4 nitrogen and oxygen atoms in total. The van der Waals surface area contributed by atoms with E-state index < -0.39 is 0 Å². The first-order valence-electron chi connectivity index (χ1n) is 4.62. The second-order valence-corrected chi connectivity index (χ2v) is 3.83. The van der Waals surface area contributed by atoms with Crippen molar-refractivity contribution in [1.29, 1.82) is 0 Å². The summed E-state index contributed by atoms with van der Waals surface area (Å²) in [4.78, 5) is 2.10. The highest BCUT2D eigenvalue weighted by atomic mass is 32.1. The number of aromatic amines is 1. The van der Waals surface area contributed by atoms with E-state index in [1.54, 1.807) is 0 Å². The molecule has 72 valence electrons. The fourth-order valence-corrected chi connectivity index (χ4v) is 1.65. The van der Waals surface area contributed by atoms with Crippen molar-refractivity contribution in [3.05, 3.63) is 4.77 Å². The first kappa shape index (κ1) is 8.74. The average molecular weight is 198 g/mol. The van der Waals surface area contributed by atoms with Crippen LogP contribution in [-0.2, 0) is 0 Å². The van der Waals surface area contributed by atoms with Gasteiger partial charge in [0.15, 0.2) is 4.77 Å². The Labute approximate surface area is 82.6 Å². The van der Waals surface area contributed by atoms with Gasteiger partial charge in [-0.15, -0.1) is 5.10 Å². The molecule has 0 atom stereocenters. The van der Waals surface area contributed by atoms with Gasteiger partial charge < -0.3 is 4.90 Å². The van der Waals surface area contributed by atoms with Crippen molar-refractivity contribution in [3.63, 3.8) is 0 Å². The van der Waals surface area contributed by atoms with Gasteiger partial charge in [0.2, 0.25) is 5.95 Å². The molecule has 5 heteroatoms. The molecule has 1 saturated carbocycles. The molecule has 13 heavy (non-hydrogen) atoms. The fraction of sp³-hybridized carbons (Fsp3) is 0.750. The molecule has 1 aliphatic rings. The summed E-state index contributed by atoms with van der Waals surface area (Å²) in [6, 6.07) is 0.593. The lowest BCUT2D eigenvalue weighted by atomic mass is 10.6. The minimum Gasteiger partial charge on any atom is -0.344 e. The van der Waals surface area contributed by atoms with E-state index in [-0.39, 0.29) is 0 Å². The van der Waals surface area contributed by atoms with Crippen molar-refractivity contribution < 1.29 is 0 Å². The number of nitrogens with zero attached hydrogens (tertiary/aromatic N) is 3. The third-order valence-electron chi connectivity index (χ3n) is 2.41. The minimum atomic E-state index is 0.593. The van der Waals surface area contributed by atoms with E-state index in [4.69, 9.17) is 12.2 Å². The fourth-order valence-electron chi connectivity index (χ4n) is 1.37. The smallest absolute Gasteiger partial charge is 0.225 e. The quantitative estimate of drug-likeness (QED) is 0.751. The Morgan fingerprint density at radius 2 is 2.38 bits per heavy atom. The maximum Gasteiger partial charge on any atom is 0.225 e. The maximum atomic E-state index is 5.17. The van der Waals surface area contributed by atoms with E-state index >= 15 is 0 Å². The van der Waals surface area contributed by atoms with Crippen LogP contribution in [0.3, 0.4) is 0 Å². The summed E-state index contributed by atoms with van der Waals surface area (Å²) in [6.07, 6.45) is 2.47. The molecule has 0 aliphatic heterocycles. The SMILES string of the molecule is CCN(C)c1n[nH]c(=S)n1C1CC1. The van der Waals surface area contributed by atoms with Crippen LogP contribution in [0.5, 0.6) is 0 Å². The molecule has 0 unspecified atom stereocenters. The molecule has 0 spiro atoms. The van der Waals surface area contributed by atoms with Gasteiger partial charge in [0.25, 0.3) is 0 Å². The summed E-state index contributed by atoms with van der Waals surface area (Å²) >= 11 is 5.17. The van der Waals surface area contributed by atoms with E-state index in [2.05, 4.69) is 26.6 Å². The summed E-state index contributed by atoms with van der Waals surface area (Å²) in [7, 11) is 2.03. The highest BCUT2D eigenvalue weighted by Gasteiger charge is 2.28. The summed E-state index contributed by atoms with van der Waals surface area (Å²) in [6.45, 7) is 3.06. The number of nitrogens with one attached hydrogen (secondary N) is 1. The molecule has 0 amide bonds.